The van der Waals surface area contributed by atoms with Crippen molar-refractivity contribution in [2.75, 3.05) is 0 Å². The lowest BCUT2D eigenvalue weighted by Gasteiger charge is -2.14. The first-order valence-electron chi connectivity index (χ1n) is 6.87. The summed E-state index contributed by atoms with van der Waals surface area (Å²) in [7, 11) is 0. The fraction of sp³-hybridized carbons (Fsp3) is 0.0588. The molecule has 1 aromatic heterocycles. The topological polar surface area (TPSA) is 50.2 Å². The molecule has 0 bridgehead atoms. The van der Waals surface area contributed by atoms with Gasteiger partial charge in [0.2, 0.25) is 0 Å². The highest BCUT2D eigenvalue weighted by Gasteiger charge is 2.34. The first-order chi connectivity index (χ1) is 11.7. The molecule has 0 saturated carbocycles. The number of alkyl halides is 3. The van der Waals surface area contributed by atoms with E-state index < -0.39 is 23.2 Å². The molecular weight excluding hydrogens is 378 g/mol. The van der Waals surface area contributed by atoms with Gasteiger partial charge >= 0.3 is 12.1 Å². The summed E-state index contributed by atoms with van der Waals surface area (Å²) in [4.78, 5) is 15.6. The van der Waals surface area contributed by atoms with Crippen molar-refractivity contribution in [3.8, 4) is 11.3 Å². The smallest absolute Gasteiger partial charge is 0.418 e. The van der Waals surface area contributed by atoms with E-state index in [2.05, 4.69) is 4.98 Å². The molecule has 0 aliphatic carbocycles. The summed E-state index contributed by atoms with van der Waals surface area (Å²) in [6.45, 7) is 0. The SMILES string of the molecule is O=C(O)c1cc(-c2ccc(Cl)cc2)nc2c(C(F)(F)F)cc(Cl)cc12. The van der Waals surface area contributed by atoms with Gasteiger partial charge in [0, 0.05) is 21.0 Å². The van der Waals surface area contributed by atoms with Crippen molar-refractivity contribution in [1.29, 1.82) is 0 Å². The van der Waals surface area contributed by atoms with Crippen molar-refractivity contribution >= 4 is 40.1 Å². The van der Waals surface area contributed by atoms with Crippen molar-refractivity contribution in [3.05, 3.63) is 63.6 Å². The van der Waals surface area contributed by atoms with Crippen LogP contribution in [0.4, 0.5) is 13.2 Å². The van der Waals surface area contributed by atoms with Crippen LogP contribution in [0.3, 0.4) is 0 Å². The normalized spacial score (nSPS) is 11.7. The molecule has 25 heavy (non-hydrogen) atoms. The number of pyridine rings is 1. The maximum atomic E-state index is 13.4. The molecule has 0 saturated heterocycles. The molecule has 0 unspecified atom stereocenters. The van der Waals surface area contributed by atoms with Gasteiger partial charge < -0.3 is 5.11 Å². The third-order valence-electron chi connectivity index (χ3n) is 3.55. The monoisotopic (exact) mass is 385 g/mol. The number of aromatic nitrogens is 1. The number of hydrogen-bond acceptors (Lipinski definition) is 2. The summed E-state index contributed by atoms with van der Waals surface area (Å²) in [5.74, 6) is -1.38. The lowest BCUT2D eigenvalue weighted by atomic mass is 10.0. The highest BCUT2D eigenvalue weighted by atomic mass is 35.5. The zero-order chi connectivity index (χ0) is 18.4. The van der Waals surface area contributed by atoms with Gasteiger partial charge in [-0.05, 0) is 30.3 Å². The summed E-state index contributed by atoms with van der Waals surface area (Å²) in [5.41, 5.74) is -1.34. The Morgan fingerprint density at radius 3 is 2.20 bits per heavy atom. The maximum Gasteiger partial charge on any atom is 0.418 e. The predicted molar refractivity (Wildman–Crippen MR) is 89.2 cm³/mol. The lowest BCUT2D eigenvalue weighted by Crippen LogP contribution is -2.09. The Kier molecular flexibility index (Phi) is 4.34. The van der Waals surface area contributed by atoms with Crippen LogP contribution >= 0.6 is 23.2 Å². The van der Waals surface area contributed by atoms with Crippen LogP contribution in [0.25, 0.3) is 22.2 Å². The molecule has 3 aromatic rings. The Labute approximate surface area is 149 Å². The minimum Gasteiger partial charge on any atom is -0.478 e. The number of carboxylic acids is 1. The summed E-state index contributed by atoms with van der Waals surface area (Å²) in [5, 5.41) is 9.45. The standard InChI is InChI=1S/C17H8Cl2F3NO2/c18-9-3-1-8(2-4-9)14-7-12(16(24)25)11-5-10(19)6-13(15(11)23-14)17(20,21)22/h1-7H,(H,24,25). The molecule has 2 aromatic carbocycles. The number of halogens is 5. The second-order valence-corrected chi connectivity index (χ2v) is 6.09. The van der Waals surface area contributed by atoms with Crippen molar-refractivity contribution in [2.24, 2.45) is 0 Å². The van der Waals surface area contributed by atoms with Gasteiger partial charge in [-0.25, -0.2) is 9.78 Å². The molecule has 0 atom stereocenters. The van der Waals surface area contributed by atoms with Crippen LogP contribution in [0.2, 0.25) is 10.0 Å². The Morgan fingerprint density at radius 2 is 1.64 bits per heavy atom. The second-order valence-electron chi connectivity index (χ2n) is 5.21. The van der Waals surface area contributed by atoms with Crippen molar-refractivity contribution in [2.45, 2.75) is 6.18 Å². The highest BCUT2D eigenvalue weighted by Crippen LogP contribution is 2.38. The van der Waals surface area contributed by atoms with E-state index in [1.165, 1.54) is 18.2 Å². The number of aromatic carboxylic acids is 1. The van der Waals surface area contributed by atoms with E-state index in [1.807, 2.05) is 0 Å². The predicted octanol–water partition coefficient (Wildman–Crippen LogP) is 5.93. The van der Waals surface area contributed by atoms with E-state index in [1.54, 1.807) is 12.1 Å². The summed E-state index contributed by atoms with van der Waals surface area (Å²) >= 11 is 11.5. The lowest BCUT2D eigenvalue weighted by molar-refractivity contribution is -0.136. The molecule has 0 aliphatic heterocycles. The largest absolute Gasteiger partial charge is 0.478 e. The summed E-state index contributed by atoms with van der Waals surface area (Å²) in [6, 6.07) is 9.27. The van der Waals surface area contributed by atoms with Crippen LogP contribution in [-0.2, 0) is 6.18 Å². The molecule has 0 aliphatic rings. The van der Waals surface area contributed by atoms with Gasteiger partial charge in [-0.1, -0.05) is 35.3 Å². The fourth-order valence-electron chi connectivity index (χ4n) is 2.45. The number of carbonyl (C=O) groups is 1. The third-order valence-corrected chi connectivity index (χ3v) is 4.02. The number of rotatable bonds is 2. The number of fused-ring (bicyclic) bond motifs is 1. The molecule has 0 spiro atoms. The summed E-state index contributed by atoms with van der Waals surface area (Å²) in [6.07, 6.45) is -4.73. The molecule has 1 N–H and O–H groups in total. The van der Waals surface area contributed by atoms with Gasteiger partial charge in [-0.2, -0.15) is 13.2 Å². The van der Waals surface area contributed by atoms with Crippen LogP contribution in [0.15, 0.2) is 42.5 Å². The van der Waals surface area contributed by atoms with Gasteiger partial charge in [-0.15, -0.1) is 0 Å². The molecule has 0 radical (unpaired) electrons. The molecule has 8 heteroatoms. The zero-order valence-corrected chi connectivity index (χ0v) is 13.7. The van der Waals surface area contributed by atoms with Crippen molar-refractivity contribution in [1.82, 2.24) is 4.98 Å². The first kappa shape index (κ1) is 17.5. The Bertz CT molecular complexity index is 986. The van der Waals surface area contributed by atoms with E-state index in [0.717, 1.165) is 12.1 Å². The minimum atomic E-state index is -4.73. The Balaban J connectivity index is 2.40. The average molecular weight is 386 g/mol. The quantitative estimate of drug-likeness (QED) is 0.594. The Morgan fingerprint density at radius 1 is 1.00 bits per heavy atom. The molecule has 3 rings (SSSR count). The van der Waals surface area contributed by atoms with E-state index in [0.29, 0.717) is 10.6 Å². The van der Waals surface area contributed by atoms with Crippen LogP contribution in [0.1, 0.15) is 15.9 Å². The minimum absolute atomic E-state index is 0.0920. The van der Waals surface area contributed by atoms with Crippen molar-refractivity contribution < 1.29 is 23.1 Å². The summed E-state index contributed by atoms with van der Waals surface area (Å²) < 4.78 is 40.1. The van der Waals surface area contributed by atoms with Crippen LogP contribution in [0, 0.1) is 0 Å². The molecule has 3 nitrogen and oxygen atoms in total. The number of benzene rings is 2. The zero-order valence-electron chi connectivity index (χ0n) is 12.2. The van der Waals surface area contributed by atoms with E-state index in [-0.39, 0.29) is 21.7 Å². The third kappa shape index (κ3) is 3.41. The number of hydrogen-bond donors (Lipinski definition) is 1. The van der Waals surface area contributed by atoms with Crippen LogP contribution < -0.4 is 0 Å². The Hall–Kier alpha value is -2.31. The molecule has 0 amide bonds. The highest BCUT2D eigenvalue weighted by molar-refractivity contribution is 6.31. The van der Waals surface area contributed by atoms with E-state index in [9.17, 15) is 23.1 Å². The van der Waals surface area contributed by atoms with Gasteiger partial charge in [0.1, 0.15) is 0 Å². The molecule has 0 fully saturated rings. The van der Waals surface area contributed by atoms with Gasteiger partial charge in [-0.3, -0.25) is 0 Å². The molecule has 1 heterocycles. The van der Waals surface area contributed by atoms with Gasteiger partial charge in [0.25, 0.3) is 0 Å². The average Bonchev–Trinajstić information content (AvgIpc) is 2.53. The van der Waals surface area contributed by atoms with E-state index in [4.69, 9.17) is 23.2 Å². The van der Waals surface area contributed by atoms with Crippen LogP contribution in [-0.4, -0.2) is 16.1 Å². The van der Waals surface area contributed by atoms with Crippen molar-refractivity contribution in [3.63, 3.8) is 0 Å². The fourth-order valence-corrected chi connectivity index (χ4v) is 2.80. The number of carboxylic acid groups (broad SMARTS) is 1. The van der Waals surface area contributed by atoms with Gasteiger partial charge in [0.15, 0.2) is 0 Å². The van der Waals surface area contributed by atoms with Crippen LogP contribution in [0.5, 0.6) is 0 Å². The molecular formula is C17H8Cl2F3NO2. The second kappa shape index (κ2) is 6.20. The maximum absolute atomic E-state index is 13.4. The first-order valence-corrected chi connectivity index (χ1v) is 7.63. The number of nitrogens with zero attached hydrogens (tertiary/aromatic N) is 1. The van der Waals surface area contributed by atoms with E-state index >= 15 is 0 Å². The van der Waals surface area contributed by atoms with Gasteiger partial charge in [0.05, 0.1) is 22.3 Å². The molecule has 128 valence electrons.